The quantitative estimate of drug-likeness (QED) is 0.464. The van der Waals surface area contributed by atoms with E-state index in [1.165, 1.54) is 0 Å². The van der Waals surface area contributed by atoms with Gasteiger partial charge >= 0.3 is 0 Å². The van der Waals surface area contributed by atoms with Crippen molar-refractivity contribution < 1.29 is 9.47 Å². The van der Waals surface area contributed by atoms with Crippen LogP contribution in [-0.4, -0.2) is 72.8 Å². The van der Waals surface area contributed by atoms with Gasteiger partial charge in [-0.2, -0.15) is 0 Å². The predicted molar refractivity (Wildman–Crippen MR) is 132 cm³/mol. The van der Waals surface area contributed by atoms with Crippen molar-refractivity contribution >= 4 is 22.5 Å². The van der Waals surface area contributed by atoms with Gasteiger partial charge in [-0.1, -0.05) is 60.7 Å². The third kappa shape index (κ3) is 3.95. The van der Waals surface area contributed by atoms with Crippen molar-refractivity contribution in [3.8, 4) is 22.6 Å². The zero-order chi connectivity index (χ0) is 22.7. The molecule has 2 fully saturated rings. The van der Waals surface area contributed by atoms with Gasteiger partial charge in [-0.05, 0) is 0 Å². The van der Waals surface area contributed by atoms with Crippen LogP contribution in [0.15, 0.2) is 60.7 Å². The Hall–Kier alpha value is -3.62. The molecule has 172 valence electrons. The molecule has 0 unspecified atom stereocenters. The summed E-state index contributed by atoms with van der Waals surface area (Å²) in [5.74, 6) is 2.28. The number of anilines is 2. The van der Waals surface area contributed by atoms with Crippen molar-refractivity contribution in [3.05, 3.63) is 60.7 Å². The molecule has 0 saturated carbocycles. The van der Waals surface area contributed by atoms with Gasteiger partial charge in [0, 0.05) is 37.3 Å². The number of ether oxygens (including phenoxy) is 2. The summed E-state index contributed by atoms with van der Waals surface area (Å²) in [7, 11) is 0. The lowest BCUT2D eigenvalue weighted by Gasteiger charge is -2.31. The Morgan fingerprint density at radius 2 is 1.12 bits per heavy atom. The van der Waals surface area contributed by atoms with Gasteiger partial charge in [-0.3, -0.25) is 0 Å². The molecule has 0 N–H and O–H groups in total. The number of fused-ring (bicyclic) bond motifs is 1. The van der Waals surface area contributed by atoms with Crippen LogP contribution in [-0.2, 0) is 9.47 Å². The minimum absolute atomic E-state index is 0.663. The van der Waals surface area contributed by atoms with Gasteiger partial charge in [0.05, 0.1) is 37.5 Å². The molecule has 2 aromatic heterocycles. The van der Waals surface area contributed by atoms with E-state index in [1.807, 2.05) is 48.5 Å². The topological polar surface area (TPSA) is 76.5 Å². The molecule has 2 aromatic carbocycles. The molecule has 0 spiro atoms. The standard InChI is InChI=1S/C26H26N6O2/c1-3-7-19(8-4-1)22-21-23(28-24(27-22)20-9-5-2-6-10-20)26(32-13-17-34-18-14-32)30-29-25(21)31-11-15-33-16-12-31/h1-10H,11-18H2. The number of aromatic nitrogens is 4. The van der Waals surface area contributed by atoms with E-state index in [0.29, 0.717) is 32.3 Å². The van der Waals surface area contributed by atoms with Crippen molar-refractivity contribution in [2.24, 2.45) is 0 Å². The van der Waals surface area contributed by atoms with Crippen molar-refractivity contribution in [1.82, 2.24) is 20.2 Å². The van der Waals surface area contributed by atoms with Gasteiger partial charge in [0.1, 0.15) is 5.52 Å². The van der Waals surface area contributed by atoms with Crippen LogP contribution in [0.5, 0.6) is 0 Å². The molecular formula is C26H26N6O2. The maximum atomic E-state index is 5.60. The first kappa shape index (κ1) is 20.9. The van der Waals surface area contributed by atoms with Gasteiger partial charge in [-0.25, -0.2) is 9.97 Å². The van der Waals surface area contributed by atoms with E-state index in [4.69, 9.17) is 29.6 Å². The van der Waals surface area contributed by atoms with Crippen LogP contribution >= 0.6 is 0 Å². The summed E-state index contributed by atoms with van der Waals surface area (Å²) in [6.07, 6.45) is 0. The summed E-state index contributed by atoms with van der Waals surface area (Å²) < 4.78 is 11.2. The van der Waals surface area contributed by atoms with Crippen molar-refractivity contribution in [3.63, 3.8) is 0 Å². The number of nitrogens with zero attached hydrogens (tertiary/aromatic N) is 6. The molecule has 2 saturated heterocycles. The van der Waals surface area contributed by atoms with Gasteiger partial charge in [-0.15, -0.1) is 10.2 Å². The molecule has 8 heteroatoms. The van der Waals surface area contributed by atoms with Crippen molar-refractivity contribution in [1.29, 1.82) is 0 Å². The number of morpholine rings is 2. The third-order valence-electron chi connectivity index (χ3n) is 6.28. The molecule has 8 nitrogen and oxygen atoms in total. The van der Waals surface area contributed by atoms with Crippen LogP contribution in [0.4, 0.5) is 11.6 Å². The highest BCUT2D eigenvalue weighted by molar-refractivity contribution is 6.05. The molecule has 4 aromatic rings. The number of hydrogen-bond acceptors (Lipinski definition) is 8. The van der Waals surface area contributed by atoms with E-state index < -0.39 is 0 Å². The van der Waals surface area contributed by atoms with E-state index in [0.717, 1.165) is 65.5 Å². The monoisotopic (exact) mass is 454 g/mol. The molecular weight excluding hydrogens is 428 g/mol. The summed E-state index contributed by atoms with van der Waals surface area (Å²) in [6, 6.07) is 20.4. The lowest BCUT2D eigenvalue weighted by molar-refractivity contribution is 0.122. The van der Waals surface area contributed by atoms with Crippen LogP contribution < -0.4 is 9.80 Å². The Balaban J connectivity index is 1.65. The summed E-state index contributed by atoms with van der Waals surface area (Å²) in [6.45, 7) is 5.69. The Morgan fingerprint density at radius 1 is 0.588 bits per heavy atom. The number of benzene rings is 2. The van der Waals surface area contributed by atoms with Crippen LogP contribution in [0.2, 0.25) is 0 Å². The molecule has 34 heavy (non-hydrogen) atoms. The third-order valence-corrected chi connectivity index (χ3v) is 6.28. The maximum absolute atomic E-state index is 5.60. The second kappa shape index (κ2) is 9.32. The zero-order valence-electron chi connectivity index (χ0n) is 18.9. The average molecular weight is 455 g/mol. The van der Waals surface area contributed by atoms with Crippen LogP contribution in [0.25, 0.3) is 33.5 Å². The molecule has 2 aliphatic heterocycles. The second-order valence-corrected chi connectivity index (χ2v) is 8.40. The van der Waals surface area contributed by atoms with Crippen molar-refractivity contribution in [2.75, 3.05) is 62.4 Å². The Labute approximate surface area is 198 Å². The first-order valence-corrected chi connectivity index (χ1v) is 11.7. The normalized spacial score (nSPS) is 16.7. The fourth-order valence-electron chi connectivity index (χ4n) is 4.53. The molecule has 4 heterocycles. The summed E-state index contributed by atoms with van der Waals surface area (Å²) in [5.41, 5.74) is 3.70. The number of hydrogen-bond donors (Lipinski definition) is 0. The zero-order valence-corrected chi connectivity index (χ0v) is 18.9. The molecule has 0 amide bonds. The van der Waals surface area contributed by atoms with E-state index in [9.17, 15) is 0 Å². The SMILES string of the molecule is c1ccc(-c2nc(-c3ccccc3)c3c(N4CCOCC4)nnc(N4CCOCC4)c3n2)cc1. The molecule has 0 bridgehead atoms. The Bertz CT molecular complexity index is 1270. The van der Waals surface area contributed by atoms with Gasteiger partial charge < -0.3 is 19.3 Å². The molecule has 0 aliphatic carbocycles. The lowest BCUT2D eigenvalue weighted by Crippen LogP contribution is -2.39. The van der Waals surface area contributed by atoms with Gasteiger partial charge in [0.25, 0.3) is 0 Å². The fourth-order valence-corrected chi connectivity index (χ4v) is 4.53. The van der Waals surface area contributed by atoms with E-state index in [2.05, 4.69) is 21.9 Å². The highest BCUT2D eigenvalue weighted by Crippen LogP contribution is 2.38. The predicted octanol–water partition coefficient (Wildman–Crippen LogP) is 3.43. The molecule has 0 atom stereocenters. The summed E-state index contributed by atoms with van der Waals surface area (Å²) in [4.78, 5) is 14.7. The molecule has 0 radical (unpaired) electrons. The lowest BCUT2D eigenvalue weighted by atomic mass is 10.1. The minimum atomic E-state index is 0.663. The smallest absolute Gasteiger partial charge is 0.178 e. The first-order chi connectivity index (χ1) is 16.9. The average Bonchev–Trinajstić information content (AvgIpc) is 2.94. The van der Waals surface area contributed by atoms with Crippen molar-refractivity contribution in [2.45, 2.75) is 0 Å². The highest BCUT2D eigenvalue weighted by Gasteiger charge is 2.26. The van der Waals surface area contributed by atoms with Crippen LogP contribution in [0.3, 0.4) is 0 Å². The van der Waals surface area contributed by atoms with Crippen LogP contribution in [0, 0.1) is 0 Å². The molecule has 6 rings (SSSR count). The Morgan fingerprint density at radius 3 is 1.74 bits per heavy atom. The van der Waals surface area contributed by atoms with Gasteiger partial charge in [0.15, 0.2) is 17.5 Å². The van der Waals surface area contributed by atoms with Gasteiger partial charge in [0.2, 0.25) is 0 Å². The Kier molecular flexibility index (Phi) is 5.74. The van der Waals surface area contributed by atoms with E-state index >= 15 is 0 Å². The number of rotatable bonds is 4. The minimum Gasteiger partial charge on any atom is -0.378 e. The maximum Gasteiger partial charge on any atom is 0.178 e. The largest absolute Gasteiger partial charge is 0.378 e. The van der Waals surface area contributed by atoms with E-state index in [1.54, 1.807) is 0 Å². The first-order valence-electron chi connectivity index (χ1n) is 11.7. The highest BCUT2D eigenvalue weighted by atomic mass is 16.5. The second-order valence-electron chi connectivity index (χ2n) is 8.40. The summed E-state index contributed by atoms with van der Waals surface area (Å²) in [5, 5.41) is 10.4. The van der Waals surface area contributed by atoms with E-state index in [-0.39, 0.29) is 0 Å². The fraction of sp³-hybridized carbons (Fsp3) is 0.308. The molecule has 2 aliphatic rings. The summed E-state index contributed by atoms with van der Waals surface area (Å²) >= 11 is 0. The van der Waals surface area contributed by atoms with Crippen LogP contribution in [0.1, 0.15) is 0 Å².